The van der Waals surface area contributed by atoms with Gasteiger partial charge in [-0.05, 0) is 41.5 Å². The van der Waals surface area contributed by atoms with Crippen LogP contribution >= 0.6 is 0 Å². The van der Waals surface area contributed by atoms with Gasteiger partial charge < -0.3 is 4.42 Å². The second-order valence-corrected chi connectivity index (χ2v) is 7.75. The molecule has 0 radical (unpaired) electrons. The van der Waals surface area contributed by atoms with Gasteiger partial charge in [-0.15, -0.1) is 0 Å². The summed E-state index contributed by atoms with van der Waals surface area (Å²) in [4.78, 5) is 8.96. The van der Waals surface area contributed by atoms with Crippen LogP contribution in [0.15, 0.2) is 71.4 Å². The SMILES string of the molecule is CC(C)c1ccc(-c2cnc(CCC(C)c3cccc4ncccc34)o2)cc1. The Labute approximate surface area is 166 Å². The molecule has 2 aromatic heterocycles. The van der Waals surface area contributed by atoms with Crippen molar-refractivity contribution in [1.29, 1.82) is 0 Å². The quantitative estimate of drug-likeness (QED) is 0.377. The van der Waals surface area contributed by atoms with Crippen LogP contribution in [0.1, 0.15) is 56.0 Å². The van der Waals surface area contributed by atoms with Crippen molar-refractivity contribution in [1.82, 2.24) is 9.97 Å². The Morgan fingerprint density at radius 1 is 0.893 bits per heavy atom. The number of aromatic nitrogens is 2. The highest BCUT2D eigenvalue weighted by Crippen LogP contribution is 2.29. The lowest BCUT2D eigenvalue weighted by Crippen LogP contribution is -1.98. The number of benzene rings is 2. The number of nitrogens with zero attached hydrogens (tertiary/aromatic N) is 2. The summed E-state index contributed by atoms with van der Waals surface area (Å²) in [6.45, 7) is 6.67. The van der Waals surface area contributed by atoms with Gasteiger partial charge >= 0.3 is 0 Å². The number of hydrogen-bond donors (Lipinski definition) is 0. The summed E-state index contributed by atoms with van der Waals surface area (Å²) < 4.78 is 6.02. The predicted molar refractivity (Wildman–Crippen MR) is 115 cm³/mol. The van der Waals surface area contributed by atoms with Gasteiger partial charge in [0.05, 0.1) is 11.7 Å². The van der Waals surface area contributed by atoms with Crippen molar-refractivity contribution >= 4 is 10.9 Å². The Morgan fingerprint density at radius 2 is 1.71 bits per heavy atom. The molecule has 4 aromatic rings. The minimum Gasteiger partial charge on any atom is -0.441 e. The molecule has 4 rings (SSSR count). The second kappa shape index (κ2) is 7.97. The Morgan fingerprint density at radius 3 is 2.50 bits per heavy atom. The summed E-state index contributed by atoms with van der Waals surface area (Å²) in [6.07, 6.45) is 5.49. The first-order valence-corrected chi connectivity index (χ1v) is 10.0. The molecule has 3 heteroatoms. The summed E-state index contributed by atoms with van der Waals surface area (Å²) >= 11 is 0. The molecule has 0 saturated carbocycles. The van der Waals surface area contributed by atoms with Gasteiger partial charge in [-0.1, -0.05) is 63.2 Å². The molecule has 0 aliphatic heterocycles. The Hall–Kier alpha value is -2.94. The molecule has 2 aromatic carbocycles. The zero-order valence-electron chi connectivity index (χ0n) is 16.7. The van der Waals surface area contributed by atoms with Crippen LogP contribution in [0.5, 0.6) is 0 Å². The van der Waals surface area contributed by atoms with E-state index in [9.17, 15) is 0 Å². The average Bonchev–Trinajstić information content (AvgIpc) is 3.20. The number of hydrogen-bond acceptors (Lipinski definition) is 3. The molecule has 1 atom stereocenters. The molecule has 3 nitrogen and oxygen atoms in total. The molecule has 0 bridgehead atoms. The van der Waals surface area contributed by atoms with E-state index < -0.39 is 0 Å². The normalized spacial score (nSPS) is 12.6. The molecule has 0 aliphatic carbocycles. The van der Waals surface area contributed by atoms with Gasteiger partial charge in [0, 0.05) is 23.6 Å². The lowest BCUT2D eigenvalue weighted by atomic mass is 9.93. The van der Waals surface area contributed by atoms with Crippen LogP contribution < -0.4 is 0 Å². The van der Waals surface area contributed by atoms with Crippen LogP contribution in [0.25, 0.3) is 22.2 Å². The highest BCUT2D eigenvalue weighted by atomic mass is 16.4. The summed E-state index contributed by atoms with van der Waals surface area (Å²) in [5, 5.41) is 1.23. The van der Waals surface area contributed by atoms with Crippen LogP contribution in [0.3, 0.4) is 0 Å². The van der Waals surface area contributed by atoms with E-state index in [2.05, 4.69) is 79.3 Å². The van der Waals surface area contributed by atoms with E-state index in [1.165, 1.54) is 16.5 Å². The van der Waals surface area contributed by atoms with E-state index in [0.29, 0.717) is 11.8 Å². The minimum atomic E-state index is 0.411. The van der Waals surface area contributed by atoms with Gasteiger partial charge in [0.25, 0.3) is 0 Å². The maximum Gasteiger partial charge on any atom is 0.194 e. The van der Waals surface area contributed by atoms with Crippen LogP contribution in [-0.4, -0.2) is 9.97 Å². The van der Waals surface area contributed by atoms with Crippen molar-refractivity contribution in [2.45, 2.75) is 45.4 Å². The van der Waals surface area contributed by atoms with Gasteiger partial charge in [0.15, 0.2) is 11.7 Å². The Kier molecular flexibility index (Phi) is 5.25. The standard InChI is InChI=1S/C25H26N2O/c1-17(2)19-10-12-20(13-11-19)24-16-27-25(28-24)14-9-18(3)21-6-4-8-23-22(21)7-5-15-26-23/h4-8,10-13,15-18H,9,14H2,1-3H3. The van der Waals surface area contributed by atoms with Crippen LogP contribution in [0.2, 0.25) is 0 Å². The number of oxazole rings is 1. The molecule has 0 N–H and O–H groups in total. The third-order valence-corrected chi connectivity index (χ3v) is 5.42. The van der Waals surface area contributed by atoms with Crippen molar-refractivity contribution < 1.29 is 4.42 Å². The molecule has 28 heavy (non-hydrogen) atoms. The van der Waals surface area contributed by atoms with Crippen LogP contribution in [-0.2, 0) is 6.42 Å². The first kappa shape index (κ1) is 18.4. The second-order valence-electron chi connectivity index (χ2n) is 7.75. The van der Waals surface area contributed by atoms with Crippen molar-refractivity contribution in [3.05, 3.63) is 84.0 Å². The molecule has 0 aliphatic rings. The third-order valence-electron chi connectivity index (χ3n) is 5.42. The minimum absolute atomic E-state index is 0.411. The van der Waals surface area contributed by atoms with Gasteiger partial charge in [-0.25, -0.2) is 4.98 Å². The Balaban J connectivity index is 1.45. The summed E-state index contributed by atoms with van der Waals surface area (Å²) in [5.41, 5.74) is 4.80. The summed E-state index contributed by atoms with van der Waals surface area (Å²) in [7, 11) is 0. The van der Waals surface area contributed by atoms with Gasteiger partial charge in [-0.2, -0.15) is 0 Å². The highest BCUT2D eigenvalue weighted by molar-refractivity contribution is 5.82. The number of aryl methyl sites for hydroxylation is 1. The fourth-order valence-electron chi connectivity index (χ4n) is 3.64. The number of fused-ring (bicyclic) bond motifs is 1. The monoisotopic (exact) mass is 370 g/mol. The first-order valence-electron chi connectivity index (χ1n) is 10.0. The smallest absolute Gasteiger partial charge is 0.194 e. The fourth-order valence-corrected chi connectivity index (χ4v) is 3.64. The Bertz CT molecular complexity index is 1060. The van der Waals surface area contributed by atoms with Crippen LogP contribution in [0, 0.1) is 0 Å². The molecular formula is C25H26N2O. The third kappa shape index (κ3) is 3.84. The molecule has 2 heterocycles. The largest absolute Gasteiger partial charge is 0.441 e. The van der Waals surface area contributed by atoms with E-state index >= 15 is 0 Å². The van der Waals surface area contributed by atoms with Crippen LogP contribution in [0.4, 0.5) is 0 Å². The van der Waals surface area contributed by atoms with E-state index in [1.54, 1.807) is 0 Å². The van der Waals surface area contributed by atoms with E-state index in [4.69, 9.17) is 4.42 Å². The lowest BCUT2D eigenvalue weighted by molar-refractivity contribution is 0.487. The van der Waals surface area contributed by atoms with Gasteiger partial charge in [0.1, 0.15) is 0 Å². The van der Waals surface area contributed by atoms with Crippen molar-refractivity contribution in [3.63, 3.8) is 0 Å². The molecular weight excluding hydrogens is 344 g/mol. The molecule has 0 fully saturated rings. The van der Waals surface area contributed by atoms with Gasteiger partial charge in [0.2, 0.25) is 0 Å². The number of pyridine rings is 1. The first-order chi connectivity index (χ1) is 13.6. The summed E-state index contributed by atoms with van der Waals surface area (Å²) in [6, 6.07) is 19.1. The van der Waals surface area contributed by atoms with Crippen molar-refractivity contribution in [2.24, 2.45) is 0 Å². The fraction of sp³-hybridized carbons (Fsp3) is 0.280. The topological polar surface area (TPSA) is 38.9 Å². The highest BCUT2D eigenvalue weighted by Gasteiger charge is 2.13. The molecule has 0 saturated heterocycles. The van der Waals surface area contributed by atoms with Gasteiger partial charge in [-0.3, -0.25) is 4.98 Å². The molecule has 0 amide bonds. The zero-order valence-corrected chi connectivity index (χ0v) is 16.7. The molecule has 0 spiro atoms. The lowest BCUT2D eigenvalue weighted by Gasteiger charge is -2.13. The van der Waals surface area contributed by atoms with E-state index in [0.717, 1.165) is 35.6 Å². The molecule has 142 valence electrons. The van der Waals surface area contributed by atoms with Crippen molar-refractivity contribution in [3.8, 4) is 11.3 Å². The van der Waals surface area contributed by atoms with E-state index in [-0.39, 0.29) is 0 Å². The maximum atomic E-state index is 6.02. The van der Waals surface area contributed by atoms with Crippen molar-refractivity contribution in [2.75, 3.05) is 0 Å². The summed E-state index contributed by atoms with van der Waals surface area (Å²) in [5.74, 6) is 2.58. The van der Waals surface area contributed by atoms with E-state index in [1.807, 2.05) is 18.5 Å². The molecule has 1 unspecified atom stereocenters. The number of rotatable bonds is 6. The maximum absolute atomic E-state index is 6.02. The zero-order chi connectivity index (χ0) is 19.5. The predicted octanol–water partition coefficient (Wildman–Crippen LogP) is 6.75. The average molecular weight is 370 g/mol.